The van der Waals surface area contributed by atoms with Gasteiger partial charge in [-0.05, 0) is 31.9 Å². The summed E-state index contributed by atoms with van der Waals surface area (Å²) < 4.78 is 0. The van der Waals surface area contributed by atoms with Crippen molar-refractivity contribution in [3.8, 4) is 0 Å². The average molecular weight is 361 g/mol. The molecule has 0 spiro atoms. The number of hydrogen-bond donors (Lipinski definition) is 2. The van der Waals surface area contributed by atoms with Crippen LogP contribution in [0.5, 0.6) is 0 Å². The van der Waals surface area contributed by atoms with Crippen LogP contribution in [0.25, 0.3) is 0 Å². The van der Waals surface area contributed by atoms with E-state index in [9.17, 15) is 19.7 Å². The molecular weight excluding hydrogens is 338 g/mol. The third kappa shape index (κ3) is 3.93. The molecular formula is C17H23N5O4. The summed E-state index contributed by atoms with van der Waals surface area (Å²) in [5.74, 6) is -0.655. The van der Waals surface area contributed by atoms with Crippen LogP contribution in [0, 0.1) is 10.1 Å². The van der Waals surface area contributed by atoms with Crippen molar-refractivity contribution in [1.82, 2.24) is 10.2 Å². The highest BCUT2D eigenvalue weighted by Gasteiger charge is 2.31. The van der Waals surface area contributed by atoms with Gasteiger partial charge in [0.2, 0.25) is 11.8 Å². The zero-order valence-corrected chi connectivity index (χ0v) is 14.7. The number of piperazine rings is 1. The van der Waals surface area contributed by atoms with Gasteiger partial charge in [-0.25, -0.2) is 0 Å². The number of carbonyl (C=O) groups excluding carboxylic acids is 2. The molecule has 1 saturated carbocycles. The summed E-state index contributed by atoms with van der Waals surface area (Å²) in [5.41, 5.74) is 5.66. The normalized spacial score (nSPS) is 19.0. The van der Waals surface area contributed by atoms with Crippen molar-refractivity contribution in [2.24, 2.45) is 5.73 Å². The minimum absolute atomic E-state index is 0.0396. The summed E-state index contributed by atoms with van der Waals surface area (Å²) in [7, 11) is 0. The fraction of sp³-hybridized carbons (Fsp3) is 0.529. The number of benzene rings is 1. The maximum atomic E-state index is 12.2. The SMILES string of the molecule is CC(C(=O)NC1CC1)N1CCN(c2ccc(C(N)=O)cc2[N+](=O)[O-])CC1. The number of nitrogens with one attached hydrogen (secondary N) is 1. The Balaban J connectivity index is 1.66. The van der Waals surface area contributed by atoms with Crippen molar-refractivity contribution in [3.63, 3.8) is 0 Å². The number of nitro benzene ring substituents is 1. The van der Waals surface area contributed by atoms with E-state index in [1.807, 2.05) is 11.8 Å². The lowest BCUT2D eigenvalue weighted by Gasteiger charge is -2.38. The lowest BCUT2D eigenvalue weighted by molar-refractivity contribution is -0.384. The molecule has 0 radical (unpaired) electrons. The molecule has 1 aromatic rings. The highest BCUT2D eigenvalue weighted by Crippen LogP contribution is 2.30. The molecule has 9 heteroatoms. The van der Waals surface area contributed by atoms with Crippen LogP contribution in [0.1, 0.15) is 30.1 Å². The number of hydrogen-bond acceptors (Lipinski definition) is 6. The van der Waals surface area contributed by atoms with E-state index in [-0.39, 0.29) is 23.2 Å². The molecule has 2 amide bonds. The van der Waals surface area contributed by atoms with Crippen LogP contribution in [0.4, 0.5) is 11.4 Å². The summed E-state index contributed by atoms with van der Waals surface area (Å²) in [6, 6.07) is 4.40. The first-order chi connectivity index (χ1) is 12.4. The van der Waals surface area contributed by atoms with Gasteiger partial charge in [-0.3, -0.25) is 24.6 Å². The maximum Gasteiger partial charge on any atom is 0.293 e. The molecule has 3 rings (SSSR count). The van der Waals surface area contributed by atoms with Crippen molar-refractivity contribution >= 4 is 23.2 Å². The minimum atomic E-state index is -0.694. The zero-order valence-electron chi connectivity index (χ0n) is 14.7. The number of anilines is 1. The molecule has 1 heterocycles. The Morgan fingerprint density at radius 2 is 1.92 bits per heavy atom. The molecule has 2 aliphatic rings. The van der Waals surface area contributed by atoms with Gasteiger partial charge in [-0.1, -0.05) is 0 Å². The van der Waals surface area contributed by atoms with Crippen LogP contribution >= 0.6 is 0 Å². The molecule has 1 atom stereocenters. The van der Waals surface area contributed by atoms with Crippen molar-refractivity contribution in [1.29, 1.82) is 0 Å². The van der Waals surface area contributed by atoms with Crippen LogP contribution in [-0.2, 0) is 4.79 Å². The molecule has 1 aliphatic carbocycles. The summed E-state index contributed by atoms with van der Waals surface area (Å²) in [4.78, 5) is 38.3. The molecule has 3 N–H and O–H groups in total. The number of nitrogens with two attached hydrogens (primary N) is 1. The Kier molecular flexibility index (Phi) is 5.08. The number of amides is 2. The fourth-order valence-electron chi connectivity index (χ4n) is 3.16. The molecule has 2 fully saturated rings. The standard InChI is InChI=1S/C17H23N5O4/c1-11(17(24)19-13-3-4-13)20-6-8-21(9-7-20)14-5-2-12(16(18)23)10-15(14)22(25)26/h2,5,10-11,13H,3-4,6-9H2,1H3,(H2,18,23)(H,19,24). The van der Waals surface area contributed by atoms with Gasteiger partial charge in [0.15, 0.2) is 0 Å². The summed E-state index contributed by atoms with van der Waals surface area (Å²) in [6.07, 6.45) is 2.11. The maximum absolute atomic E-state index is 12.2. The Hall–Kier alpha value is -2.68. The van der Waals surface area contributed by atoms with Crippen LogP contribution in [0.2, 0.25) is 0 Å². The molecule has 0 bridgehead atoms. The predicted molar refractivity (Wildman–Crippen MR) is 96.0 cm³/mol. The number of primary amides is 1. The van der Waals surface area contributed by atoms with Gasteiger partial charge in [-0.2, -0.15) is 0 Å². The van der Waals surface area contributed by atoms with Gasteiger partial charge in [0.25, 0.3) is 5.69 Å². The van der Waals surface area contributed by atoms with Gasteiger partial charge >= 0.3 is 0 Å². The monoisotopic (exact) mass is 361 g/mol. The first-order valence-electron chi connectivity index (χ1n) is 8.74. The van der Waals surface area contributed by atoms with Gasteiger partial charge in [0.05, 0.1) is 11.0 Å². The fourth-order valence-corrected chi connectivity index (χ4v) is 3.16. The average Bonchev–Trinajstić information content (AvgIpc) is 3.44. The second-order valence-electron chi connectivity index (χ2n) is 6.81. The summed E-state index contributed by atoms with van der Waals surface area (Å²) in [5, 5.41) is 14.4. The first kappa shape index (κ1) is 18.1. The van der Waals surface area contributed by atoms with Gasteiger partial charge in [-0.15, -0.1) is 0 Å². The quantitative estimate of drug-likeness (QED) is 0.561. The second-order valence-corrected chi connectivity index (χ2v) is 6.81. The van der Waals surface area contributed by atoms with E-state index in [4.69, 9.17) is 5.73 Å². The van der Waals surface area contributed by atoms with Gasteiger partial charge < -0.3 is 16.0 Å². The Bertz CT molecular complexity index is 726. The van der Waals surface area contributed by atoms with E-state index >= 15 is 0 Å². The molecule has 140 valence electrons. The van der Waals surface area contributed by atoms with E-state index < -0.39 is 10.8 Å². The third-order valence-electron chi connectivity index (χ3n) is 4.96. The van der Waals surface area contributed by atoms with Gasteiger partial charge in [0, 0.05) is 43.9 Å². The van der Waals surface area contributed by atoms with E-state index in [2.05, 4.69) is 10.2 Å². The van der Waals surface area contributed by atoms with E-state index in [0.29, 0.717) is 37.9 Å². The molecule has 0 aromatic heterocycles. The van der Waals surface area contributed by atoms with Crippen molar-refractivity contribution in [2.45, 2.75) is 31.8 Å². The third-order valence-corrected chi connectivity index (χ3v) is 4.96. The van der Waals surface area contributed by atoms with Crippen LogP contribution in [0.15, 0.2) is 18.2 Å². The lowest BCUT2D eigenvalue weighted by Crippen LogP contribution is -2.54. The number of nitrogens with zero attached hydrogens (tertiary/aromatic N) is 3. The van der Waals surface area contributed by atoms with Gasteiger partial charge in [0.1, 0.15) is 5.69 Å². The predicted octanol–water partition coefficient (Wildman–Crippen LogP) is 0.483. The highest BCUT2D eigenvalue weighted by atomic mass is 16.6. The van der Waals surface area contributed by atoms with E-state index in [1.165, 1.54) is 12.1 Å². The topological polar surface area (TPSA) is 122 Å². The summed E-state index contributed by atoms with van der Waals surface area (Å²) in [6.45, 7) is 4.29. The van der Waals surface area contributed by atoms with Crippen molar-refractivity contribution in [3.05, 3.63) is 33.9 Å². The van der Waals surface area contributed by atoms with Crippen molar-refractivity contribution < 1.29 is 14.5 Å². The molecule has 1 aliphatic heterocycles. The van der Waals surface area contributed by atoms with E-state index in [0.717, 1.165) is 12.8 Å². The zero-order chi connectivity index (χ0) is 18.8. The Morgan fingerprint density at radius 1 is 1.27 bits per heavy atom. The first-order valence-corrected chi connectivity index (χ1v) is 8.74. The van der Waals surface area contributed by atoms with Crippen molar-refractivity contribution in [2.75, 3.05) is 31.1 Å². The molecule has 1 aromatic carbocycles. The minimum Gasteiger partial charge on any atom is -0.366 e. The smallest absolute Gasteiger partial charge is 0.293 e. The molecule has 9 nitrogen and oxygen atoms in total. The molecule has 1 saturated heterocycles. The lowest BCUT2D eigenvalue weighted by atomic mass is 10.1. The largest absolute Gasteiger partial charge is 0.366 e. The molecule has 1 unspecified atom stereocenters. The number of rotatable bonds is 6. The second kappa shape index (κ2) is 7.28. The molecule has 26 heavy (non-hydrogen) atoms. The number of carbonyl (C=O) groups is 2. The van der Waals surface area contributed by atoms with Crippen LogP contribution < -0.4 is 16.0 Å². The van der Waals surface area contributed by atoms with Crippen LogP contribution in [0.3, 0.4) is 0 Å². The van der Waals surface area contributed by atoms with Crippen LogP contribution in [-0.4, -0.2) is 59.9 Å². The Labute approximate surface area is 151 Å². The van der Waals surface area contributed by atoms with E-state index in [1.54, 1.807) is 6.07 Å². The Morgan fingerprint density at radius 3 is 2.46 bits per heavy atom. The highest BCUT2D eigenvalue weighted by molar-refractivity contribution is 5.94. The number of nitro groups is 1. The summed E-state index contributed by atoms with van der Waals surface area (Å²) >= 11 is 0.